The second-order valence-corrected chi connectivity index (χ2v) is 7.43. The Morgan fingerprint density at radius 1 is 1.16 bits per heavy atom. The first-order chi connectivity index (χ1) is 14.5. The highest BCUT2D eigenvalue weighted by atomic mass is 35.5. The fourth-order valence-corrected chi connectivity index (χ4v) is 3.41. The number of aromatic nitrogens is 2. The van der Waals surface area contributed by atoms with Crippen LogP contribution in [0.1, 0.15) is 16.8 Å². The standard InChI is InChI=1S/C20H14Cl2F3N5O/c1-28(2)14-3-5-15(6-4-14)29(31)11-18-12(9-26)10-27-30(18)19-16(21)7-13(8-17(19)22)20(23,24)25/h3-8,10-11H,1-2H3. The molecule has 1 heterocycles. The van der Waals surface area contributed by atoms with Gasteiger partial charge in [-0.3, -0.25) is 0 Å². The van der Waals surface area contributed by atoms with Crippen LogP contribution in [0, 0.1) is 16.5 Å². The average Bonchev–Trinajstić information content (AvgIpc) is 3.09. The van der Waals surface area contributed by atoms with E-state index in [0.717, 1.165) is 16.6 Å². The molecule has 0 aliphatic heterocycles. The van der Waals surface area contributed by atoms with Crippen LogP contribution in [-0.2, 0) is 6.18 Å². The lowest BCUT2D eigenvalue weighted by molar-refractivity contribution is -0.354. The predicted molar refractivity (Wildman–Crippen MR) is 113 cm³/mol. The summed E-state index contributed by atoms with van der Waals surface area (Å²) < 4.78 is 40.6. The molecule has 0 fully saturated rings. The minimum Gasteiger partial charge on any atom is -0.618 e. The molecule has 0 radical (unpaired) electrons. The molecule has 0 bridgehead atoms. The summed E-state index contributed by atoms with van der Waals surface area (Å²) in [6, 6.07) is 9.94. The lowest BCUT2D eigenvalue weighted by atomic mass is 10.2. The zero-order valence-electron chi connectivity index (χ0n) is 16.2. The molecule has 0 aliphatic carbocycles. The van der Waals surface area contributed by atoms with Crippen LogP contribution in [-0.4, -0.2) is 34.8 Å². The third-order valence-corrected chi connectivity index (χ3v) is 4.92. The number of benzene rings is 2. The van der Waals surface area contributed by atoms with Gasteiger partial charge in [0.05, 0.1) is 21.8 Å². The minimum absolute atomic E-state index is 0.0118. The number of halogens is 5. The summed E-state index contributed by atoms with van der Waals surface area (Å²) in [5.41, 5.74) is 0.0573. The van der Waals surface area contributed by atoms with E-state index in [9.17, 15) is 23.6 Å². The molecule has 0 saturated carbocycles. The second-order valence-electron chi connectivity index (χ2n) is 6.62. The fraction of sp³-hybridized carbons (Fsp3) is 0.150. The summed E-state index contributed by atoms with van der Waals surface area (Å²) in [5.74, 6) is 0. The van der Waals surface area contributed by atoms with E-state index in [2.05, 4.69) is 5.10 Å². The maximum Gasteiger partial charge on any atom is 0.416 e. The van der Waals surface area contributed by atoms with Crippen LogP contribution in [0.2, 0.25) is 10.0 Å². The highest BCUT2D eigenvalue weighted by Crippen LogP contribution is 2.37. The molecule has 1 aromatic heterocycles. The molecule has 6 nitrogen and oxygen atoms in total. The van der Waals surface area contributed by atoms with Crippen molar-refractivity contribution in [2.75, 3.05) is 19.0 Å². The van der Waals surface area contributed by atoms with Crippen molar-refractivity contribution in [3.05, 3.63) is 74.7 Å². The minimum atomic E-state index is -4.65. The molecular weight excluding hydrogens is 454 g/mol. The van der Waals surface area contributed by atoms with Crippen molar-refractivity contribution in [3.8, 4) is 11.8 Å². The van der Waals surface area contributed by atoms with Crippen molar-refractivity contribution in [1.29, 1.82) is 5.26 Å². The predicted octanol–water partition coefficient (Wildman–Crippen LogP) is 5.40. The van der Waals surface area contributed by atoms with Gasteiger partial charge in [0.25, 0.3) is 0 Å². The number of alkyl halides is 3. The number of nitriles is 1. The summed E-state index contributed by atoms with van der Waals surface area (Å²) in [4.78, 5) is 1.86. The Morgan fingerprint density at radius 3 is 2.23 bits per heavy atom. The Labute approximate surface area is 185 Å². The van der Waals surface area contributed by atoms with Crippen molar-refractivity contribution in [3.63, 3.8) is 0 Å². The smallest absolute Gasteiger partial charge is 0.416 e. The van der Waals surface area contributed by atoms with Crippen molar-refractivity contribution in [1.82, 2.24) is 9.78 Å². The van der Waals surface area contributed by atoms with E-state index >= 15 is 0 Å². The first kappa shape index (κ1) is 22.5. The quantitative estimate of drug-likeness (QED) is 0.223. The maximum absolute atomic E-state index is 13.0. The SMILES string of the molecule is CN(C)c1ccc([N+]([O-])=Cc2c(C#N)cnn2-c2c(Cl)cc(C(F)(F)F)cc2Cl)cc1. The van der Waals surface area contributed by atoms with Gasteiger partial charge in [-0.15, -0.1) is 0 Å². The highest BCUT2D eigenvalue weighted by Gasteiger charge is 2.32. The third kappa shape index (κ3) is 4.60. The van der Waals surface area contributed by atoms with Gasteiger partial charge in [0.2, 0.25) is 11.9 Å². The van der Waals surface area contributed by atoms with Gasteiger partial charge < -0.3 is 10.1 Å². The molecule has 2 aromatic carbocycles. The van der Waals surface area contributed by atoms with Crippen LogP contribution in [0.5, 0.6) is 0 Å². The average molecular weight is 468 g/mol. The lowest BCUT2D eigenvalue weighted by Gasteiger charge is -2.14. The number of hydrogen-bond acceptors (Lipinski definition) is 4. The monoisotopic (exact) mass is 467 g/mol. The molecule has 160 valence electrons. The molecule has 0 aliphatic rings. The van der Waals surface area contributed by atoms with Gasteiger partial charge in [-0.1, -0.05) is 23.2 Å². The van der Waals surface area contributed by atoms with E-state index in [1.165, 1.54) is 6.20 Å². The van der Waals surface area contributed by atoms with Crippen LogP contribution >= 0.6 is 23.2 Å². The summed E-state index contributed by atoms with van der Waals surface area (Å²) in [6.45, 7) is 0. The van der Waals surface area contributed by atoms with Crippen LogP contribution < -0.4 is 4.90 Å². The second kappa shape index (κ2) is 8.49. The Balaban J connectivity index is 2.12. The van der Waals surface area contributed by atoms with Crippen LogP contribution in [0.3, 0.4) is 0 Å². The van der Waals surface area contributed by atoms with Crippen LogP contribution in [0.25, 0.3) is 5.69 Å². The van der Waals surface area contributed by atoms with Crippen molar-refractivity contribution in [2.24, 2.45) is 0 Å². The molecule has 3 aromatic rings. The molecule has 0 amide bonds. The summed E-state index contributed by atoms with van der Waals surface area (Å²) in [7, 11) is 3.71. The van der Waals surface area contributed by atoms with Crippen molar-refractivity contribution < 1.29 is 17.9 Å². The number of nitrogens with zero attached hydrogens (tertiary/aromatic N) is 5. The molecule has 0 N–H and O–H groups in total. The van der Waals surface area contributed by atoms with E-state index < -0.39 is 11.7 Å². The number of hydrogen-bond donors (Lipinski definition) is 0. The van der Waals surface area contributed by atoms with Gasteiger partial charge in [0, 0.05) is 31.9 Å². The summed E-state index contributed by atoms with van der Waals surface area (Å²) >= 11 is 12.1. The van der Waals surface area contributed by atoms with Gasteiger partial charge in [-0.25, -0.2) is 4.68 Å². The first-order valence-electron chi connectivity index (χ1n) is 8.66. The first-order valence-corrected chi connectivity index (χ1v) is 9.42. The van der Waals surface area contributed by atoms with Gasteiger partial charge in [0.1, 0.15) is 23.0 Å². The molecule has 31 heavy (non-hydrogen) atoms. The van der Waals surface area contributed by atoms with E-state index in [0.29, 0.717) is 16.9 Å². The Hall–Kier alpha value is -3.22. The maximum atomic E-state index is 13.0. The van der Waals surface area contributed by atoms with Crippen LogP contribution in [0.15, 0.2) is 42.6 Å². The summed E-state index contributed by atoms with van der Waals surface area (Å²) in [6.07, 6.45) is -2.40. The van der Waals surface area contributed by atoms with Crippen molar-refractivity contribution in [2.45, 2.75) is 6.18 Å². The number of anilines is 1. The molecule has 0 atom stereocenters. The van der Waals surface area contributed by atoms with Crippen molar-refractivity contribution >= 4 is 40.8 Å². The third-order valence-electron chi connectivity index (χ3n) is 4.34. The van der Waals surface area contributed by atoms with E-state index in [1.807, 2.05) is 25.1 Å². The molecule has 3 rings (SSSR count). The van der Waals surface area contributed by atoms with Gasteiger partial charge in [-0.05, 0) is 24.3 Å². The zero-order chi connectivity index (χ0) is 22.9. The molecule has 0 unspecified atom stereocenters. The van der Waals surface area contributed by atoms with E-state index in [1.54, 1.807) is 24.3 Å². The molecule has 0 saturated heterocycles. The Kier molecular flexibility index (Phi) is 6.15. The normalized spacial score (nSPS) is 12.0. The van der Waals surface area contributed by atoms with Crippen LogP contribution in [0.4, 0.5) is 24.5 Å². The largest absolute Gasteiger partial charge is 0.618 e. The van der Waals surface area contributed by atoms with Gasteiger partial charge >= 0.3 is 6.18 Å². The molecule has 11 heteroatoms. The number of rotatable bonds is 4. The topological polar surface area (TPSA) is 70.9 Å². The Bertz CT molecular complexity index is 1170. The Morgan fingerprint density at radius 2 is 1.74 bits per heavy atom. The molecular formula is C20H14Cl2F3N5O. The van der Waals surface area contributed by atoms with E-state index in [4.69, 9.17) is 23.2 Å². The van der Waals surface area contributed by atoms with Gasteiger partial charge in [-0.2, -0.15) is 28.3 Å². The molecule has 0 spiro atoms. The summed E-state index contributed by atoms with van der Waals surface area (Å²) in [5, 5.41) is 25.4. The van der Waals surface area contributed by atoms with E-state index in [-0.39, 0.29) is 32.7 Å². The highest BCUT2D eigenvalue weighted by molar-refractivity contribution is 6.38. The van der Waals surface area contributed by atoms with Gasteiger partial charge in [0.15, 0.2) is 0 Å². The fourth-order valence-electron chi connectivity index (χ4n) is 2.76. The lowest BCUT2D eigenvalue weighted by Crippen LogP contribution is -2.11. The zero-order valence-corrected chi connectivity index (χ0v) is 17.7.